The van der Waals surface area contributed by atoms with E-state index in [2.05, 4.69) is 26.6 Å². The third-order valence-electron chi connectivity index (χ3n) is 13.9. The predicted octanol–water partition coefficient (Wildman–Crippen LogP) is 7.42. The van der Waals surface area contributed by atoms with E-state index in [0.717, 1.165) is 80.1 Å². The molecule has 2 saturated heterocycles. The predicted molar refractivity (Wildman–Crippen MR) is 220 cm³/mol. The molecule has 3 aromatic heterocycles. The van der Waals surface area contributed by atoms with Crippen molar-refractivity contribution in [1.82, 2.24) is 34.1 Å². The average Bonchev–Trinajstić information content (AvgIpc) is 3.74. The van der Waals surface area contributed by atoms with Crippen molar-refractivity contribution in [3.63, 3.8) is 0 Å². The number of aromatic nitrogens is 5. The van der Waals surface area contributed by atoms with Crippen LogP contribution < -0.4 is 16.3 Å². The van der Waals surface area contributed by atoms with Crippen LogP contribution in [0.4, 0.5) is 14.5 Å². The van der Waals surface area contributed by atoms with E-state index < -0.39 is 24.3 Å². The van der Waals surface area contributed by atoms with Crippen molar-refractivity contribution in [2.24, 2.45) is 24.3 Å². The van der Waals surface area contributed by atoms with Crippen LogP contribution in [0.5, 0.6) is 0 Å². The number of fused-ring (bicyclic) bond motifs is 2. The number of rotatable bonds is 10. The van der Waals surface area contributed by atoms with Crippen LogP contribution in [0.15, 0.2) is 59.5 Å². The Labute approximate surface area is 341 Å². The van der Waals surface area contributed by atoms with Crippen molar-refractivity contribution in [2.45, 2.75) is 102 Å². The number of carbonyl (C=O) groups is 3. The Hall–Kier alpha value is -5.24. The molecule has 0 bridgehead atoms. The fraction of sp³-hybridized carbons (Fsp3) is 0.511. The number of hydrogen-bond acceptors (Lipinski definition) is 7. The quantitative estimate of drug-likeness (QED) is 0.140. The minimum absolute atomic E-state index is 0.0771. The van der Waals surface area contributed by atoms with Crippen LogP contribution in [0.1, 0.15) is 116 Å². The lowest BCUT2D eigenvalue weighted by molar-refractivity contribution is -0.135. The number of aryl methyl sites for hydroxylation is 3. The number of nitrogens with one attached hydrogen (secondary N) is 2. The smallest absolute Gasteiger partial charge is 0.320 e. The van der Waals surface area contributed by atoms with Crippen molar-refractivity contribution >= 4 is 45.3 Å². The number of amides is 3. The van der Waals surface area contributed by atoms with Gasteiger partial charge in [0.1, 0.15) is 11.7 Å². The zero-order chi connectivity index (χ0) is 41.0. The number of nitrogens with zero attached hydrogens (tertiary/aromatic N) is 6. The zero-order valence-electron chi connectivity index (χ0n) is 33.8. The minimum Gasteiger partial charge on any atom is -0.320 e. The minimum atomic E-state index is -2.77. The second-order valence-corrected chi connectivity index (χ2v) is 17.8. The van der Waals surface area contributed by atoms with Crippen LogP contribution in [-0.2, 0) is 23.1 Å². The lowest BCUT2D eigenvalue weighted by Crippen LogP contribution is -2.48. The average molecular weight is 807 g/mol. The largest absolute Gasteiger partial charge is 0.329 e. The molecule has 5 heterocycles. The number of piperidine rings is 2. The molecule has 5 aromatic rings. The van der Waals surface area contributed by atoms with E-state index in [-0.39, 0.29) is 41.0 Å². The standard InChI is InChI=1S/C45H52F2N8O4/c1-27-5-3-7-34(48-27)42(57)49-36-21-31-26-54(51-35(31)22-33(36)41(46)47)32-13-10-28(11-14-32)25-53-19-17-45(18-20-53)23-29(24-45)9-12-30-6-4-8-37-40(30)52(2)44(59)55(37)38-15-16-39(56)50-43(38)58/h3-8,21-22,26,28-29,32,38,41H,9-20,23-25H2,1-2H3,(H,49,57)(H,50,56,58). The first-order valence-corrected chi connectivity index (χ1v) is 21.2. The van der Waals surface area contributed by atoms with Gasteiger partial charge in [-0.25, -0.2) is 18.6 Å². The fourth-order valence-corrected chi connectivity index (χ4v) is 10.7. The Bertz CT molecular complexity index is 2480. The summed E-state index contributed by atoms with van der Waals surface area (Å²) in [6.45, 7) is 5.16. The first-order valence-electron chi connectivity index (χ1n) is 21.2. The molecule has 2 aliphatic heterocycles. The van der Waals surface area contributed by atoms with E-state index >= 15 is 0 Å². The molecule has 1 atom stereocenters. The van der Waals surface area contributed by atoms with Crippen LogP contribution in [0.2, 0.25) is 0 Å². The summed E-state index contributed by atoms with van der Waals surface area (Å²) >= 11 is 0. The number of imide groups is 1. The van der Waals surface area contributed by atoms with Gasteiger partial charge in [0.15, 0.2) is 0 Å². The van der Waals surface area contributed by atoms with Gasteiger partial charge in [0, 0.05) is 42.9 Å². The molecule has 12 nitrogen and oxygen atoms in total. The SMILES string of the molecule is Cc1cccc(C(=O)Nc2cc3cn(C4CCC(CN5CCC6(CC5)CC(CCc5cccc7c5n(C)c(=O)n7C5CCC(=O)NC5=O)C6)CC4)nc3cc2C(F)F)n1. The van der Waals surface area contributed by atoms with E-state index in [1.54, 1.807) is 47.4 Å². The summed E-state index contributed by atoms with van der Waals surface area (Å²) in [4.78, 5) is 57.5. The molecule has 310 valence electrons. The van der Waals surface area contributed by atoms with Gasteiger partial charge < -0.3 is 10.2 Å². The van der Waals surface area contributed by atoms with Crippen molar-refractivity contribution in [3.8, 4) is 0 Å². The monoisotopic (exact) mass is 806 g/mol. The summed E-state index contributed by atoms with van der Waals surface area (Å²) in [7, 11) is 1.77. The highest BCUT2D eigenvalue weighted by Crippen LogP contribution is 2.54. The summed E-state index contributed by atoms with van der Waals surface area (Å²) < 4.78 is 33.5. The molecule has 3 amide bonds. The maximum absolute atomic E-state index is 14.1. The molecule has 4 fully saturated rings. The number of pyridine rings is 1. The fourth-order valence-electron chi connectivity index (χ4n) is 10.7. The van der Waals surface area contributed by atoms with Crippen molar-refractivity contribution in [2.75, 3.05) is 25.0 Å². The molecule has 2 aliphatic carbocycles. The van der Waals surface area contributed by atoms with E-state index in [0.29, 0.717) is 34.9 Å². The van der Waals surface area contributed by atoms with E-state index in [1.165, 1.54) is 31.7 Å². The van der Waals surface area contributed by atoms with Gasteiger partial charge in [-0.3, -0.25) is 33.5 Å². The lowest BCUT2D eigenvalue weighted by atomic mass is 9.56. The van der Waals surface area contributed by atoms with Crippen LogP contribution in [0, 0.1) is 24.2 Å². The van der Waals surface area contributed by atoms with Crippen molar-refractivity contribution in [1.29, 1.82) is 0 Å². The number of anilines is 1. The van der Waals surface area contributed by atoms with Crippen LogP contribution in [0.3, 0.4) is 0 Å². The number of carbonyl (C=O) groups excluding carboxylic acids is 3. The first kappa shape index (κ1) is 39.2. The summed E-state index contributed by atoms with van der Waals surface area (Å²) in [5.41, 5.74) is 4.16. The molecule has 1 spiro atoms. The number of hydrogen-bond donors (Lipinski definition) is 2. The number of likely N-dealkylation sites (tertiary alicyclic amines) is 1. The molecular weight excluding hydrogens is 755 g/mol. The van der Waals surface area contributed by atoms with Gasteiger partial charge in [-0.1, -0.05) is 18.2 Å². The maximum atomic E-state index is 14.1. The van der Waals surface area contributed by atoms with Crippen LogP contribution >= 0.6 is 0 Å². The third kappa shape index (κ3) is 7.71. The summed E-state index contributed by atoms with van der Waals surface area (Å²) in [6, 6.07) is 13.6. The molecule has 9 rings (SSSR count). The second kappa shape index (κ2) is 15.7. The summed E-state index contributed by atoms with van der Waals surface area (Å²) in [5, 5.41) is 10.5. The molecular formula is C45H52F2N8O4. The van der Waals surface area contributed by atoms with Gasteiger partial charge >= 0.3 is 5.69 Å². The van der Waals surface area contributed by atoms with Gasteiger partial charge in [-0.2, -0.15) is 5.10 Å². The van der Waals surface area contributed by atoms with Crippen LogP contribution in [-0.4, -0.2) is 66.2 Å². The van der Waals surface area contributed by atoms with Gasteiger partial charge in [0.25, 0.3) is 12.3 Å². The highest BCUT2D eigenvalue weighted by molar-refractivity contribution is 6.04. The maximum Gasteiger partial charge on any atom is 0.329 e. The van der Waals surface area contributed by atoms with Crippen molar-refractivity contribution in [3.05, 3.63) is 87.7 Å². The molecule has 2 aromatic carbocycles. The third-order valence-corrected chi connectivity index (χ3v) is 13.9. The molecule has 1 unspecified atom stereocenters. The second-order valence-electron chi connectivity index (χ2n) is 17.8. The van der Waals surface area contributed by atoms with E-state index in [4.69, 9.17) is 5.10 Å². The number of para-hydroxylation sites is 1. The molecule has 0 radical (unpaired) electrons. The van der Waals surface area contributed by atoms with Crippen molar-refractivity contribution < 1.29 is 23.2 Å². The van der Waals surface area contributed by atoms with Gasteiger partial charge in [0.05, 0.1) is 28.3 Å². The van der Waals surface area contributed by atoms with E-state index in [9.17, 15) is 28.0 Å². The molecule has 2 saturated carbocycles. The Kier molecular flexibility index (Phi) is 10.5. The van der Waals surface area contributed by atoms with Gasteiger partial charge in [-0.15, -0.1) is 0 Å². The normalized spacial score (nSPS) is 22.6. The number of alkyl halides is 2. The van der Waals surface area contributed by atoms with Gasteiger partial charge in [-0.05, 0) is 144 Å². The topological polar surface area (TPSA) is 136 Å². The Morgan fingerprint density at radius 2 is 1.75 bits per heavy atom. The number of halogens is 2. The summed E-state index contributed by atoms with van der Waals surface area (Å²) in [6.07, 6.45) is 10.9. The zero-order valence-corrected chi connectivity index (χ0v) is 33.8. The highest BCUT2D eigenvalue weighted by Gasteiger charge is 2.45. The lowest BCUT2D eigenvalue weighted by Gasteiger charge is -2.53. The molecule has 14 heteroatoms. The summed E-state index contributed by atoms with van der Waals surface area (Å²) in [5.74, 6) is 0.0717. The van der Waals surface area contributed by atoms with E-state index in [1.807, 2.05) is 23.0 Å². The number of imidazole rings is 1. The first-order chi connectivity index (χ1) is 28.4. The van der Waals surface area contributed by atoms with Crippen LogP contribution in [0.25, 0.3) is 21.9 Å². The number of benzene rings is 2. The Morgan fingerprint density at radius 3 is 2.47 bits per heavy atom. The molecule has 2 N–H and O–H groups in total. The molecule has 4 aliphatic rings. The Morgan fingerprint density at radius 1 is 0.983 bits per heavy atom. The molecule has 59 heavy (non-hydrogen) atoms. The Balaban J connectivity index is 0.749. The van der Waals surface area contributed by atoms with Gasteiger partial charge in [0.2, 0.25) is 11.8 Å². The highest BCUT2D eigenvalue weighted by atomic mass is 19.3.